The first-order chi connectivity index (χ1) is 13.2. The van der Waals surface area contributed by atoms with Crippen molar-refractivity contribution in [2.75, 3.05) is 22.5 Å². The van der Waals surface area contributed by atoms with Crippen LogP contribution in [0.5, 0.6) is 0 Å². The molecule has 0 aliphatic heterocycles. The van der Waals surface area contributed by atoms with Gasteiger partial charge < -0.3 is 16.0 Å². The van der Waals surface area contributed by atoms with Gasteiger partial charge in [0.15, 0.2) is 11.6 Å². The highest BCUT2D eigenvalue weighted by Gasteiger charge is 2.15. The van der Waals surface area contributed by atoms with Crippen molar-refractivity contribution in [3.05, 3.63) is 66.5 Å². The lowest BCUT2D eigenvalue weighted by molar-refractivity contribution is 0.795. The van der Waals surface area contributed by atoms with Crippen molar-refractivity contribution in [3.8, 4) is 0 Å². The Morgan fingerprint density at radius 3 is 2.37 bits per heavy atom. The van der Waals surface area contributed by atoms with Gasteiger partial charge in [0.2, 0.25) is 0 Å². The molecule has 0 aliphatic rings. The Labute approximate surface area is 161 Å². The number of benzene rings is 2. The average molecular weight is 361 g/mol. The van der Waals surface area contributed by atoms with Crippen LogP contribution in [0.2, 0.25) is 0 Å². The van der Waals surface area contributed by atoms with E-state index in [4.69, 9.17) is 5.73 Å². The van der Waals surface area contributed by atoms with E-state index in [0.29, 0.717) is 17.3 Å². The molecular weight excluding hydrogens is 334 g/mol. The summed E-state index contributed by atoms with van der Waals surface area (Å²) < 4.78 is 0. The SMILES string of the molecule is CCCCc1ccc(Nc2ncnc(N(CC)c3ccccc3)c2N)cc1. The van der Waals surface area contributed by atoms with Crippen LogP contribution in [0.3, 0.4) is 0 Å². The Hall–Kier alpha value is -3.08. The Kier molecular flexibility index (Phi) is 6.26. The first-order valence-corrected chi connectivity index (χ1v) is 9.52. The summed E-state index contributed by atoms with van der Waals surface area (Å²) in [5.74, 6) is 1.33. The van der Waals surface area contributed by atoms with Crippen molar-refractivity contribution >= 4 is 28.7 Å². The van der Waals surface area contributed by atoms with Gasteiger partial charge in [0.05, 0.1) is 0 Å². The van der Waals surface area contributed by atoms with Crippen LogP contribution in [-0.2, 0) is 6.42 Å². The standard InChI is InChI=1S/C22H27N5/c1-3-5-9-17-12-14-18(15-13-17)26-21-20(23)22(25-16-24-21)27(4-2)19-10-7-6-8-11-19/h6-8,10-16H,3-5,9,23H2,1-2H3,(H,24,25,26). The number of aryl methyl sites for hydroxylation is 1. The van der Waals surface area contributed by atoms with Crippen molar-refractivity contribution < 1.29 is 0 Å². The van der Waals surface area contributed by atoms with E-state index in [2.05, 4.69) is 58.3 Å². The van der Waals surface area contributed by atoms with Gasteiger partial charge in [-0.25, -0.2) is 9.97 Å². The Morgan fingerprint density at radius 1 is 0.963 bits per heavy atom. The predicted molar refractivity (Wildman–Crippen MR) is 114 cm³/mol. The number of hydrogen-bond acceptors (Lipinski definition) is 5. The van der Waals surface area contributed by atoms with Gasteiger partial charge in [-0.3, -0.25) is 0 Å². The van der Waals surface area contributed by atoms with E-state index >= 15 is 0 Å². The molecule has 0 unspecified atom stereocenters. The fourth-order valence-electron chi connectivity index (χ4n) is 3.04. The molecule has 0 spiro atoms. The molecule has 0 amide bonds. The molecule has 0 aliphatic carbocycles. The number of rotatable bonds is 8. The van der Waals surface area contributed by atoms with E-state index in [9.17, 15) is 0 Å². The molecule has 3 N–H and O–H groups in total. The van der Waals surface area contributed by atoms with E-state index in [1.807, 2.05) is 30.3 Å². The third-order valence-electron chi connectivity index (χ3n) is 4.54. The third kappa shape index (κ3) is 4.56. The normalized spacial score (nSPS) is 10.6. The summed E-state index contributed by atoms with van der Waals surface area (Å²) in [5, 5.41) is 3.32. The second kappa shape index (κ2) is 9.03. The average Bonchev–Trinajstić information content (AvgIpc) is 2.71. The smallest absolute Gasteiger partial charge is 0.161 e. The monoisotopic (exact) mass is 361 g/mol. The van der Waals surface area contributed by atoms with E-state index in [1.165, 1.54) is 18.4 Å². The van der Waals surface area contributed by atoms with E-state index in [0.717, 1.165) is 24.3 Å². The van der Waals surface area contributed by atoms with Crippen LogP contribution in [0.1, 0.15) is 32.3 Å². The fraction of sp³-hybridized carbons (Fsp3) is 0.273. The molecule has 0 radical (unpaired) electrons. The van der Waals surface area contributed by atoms with Crippen LogP contribution in [0.25, 0.3) is 0 Å². The number of nitrogens with two attached hydrogens (primary N) is 1. The van der Waals surface area contributed by atoms with Crippen LogP contribution < -0.4 is 16.0 Å². The summed E-state index contributed by atoms with van der Waals surface area (Å²) in [6.07, 6.45) is 5.07. The van der Waals surface area contributed by atoms with Crippen molar-refractivity contribution in [1.82, 2.24) is 9.97 Å². The summed E-state index contributed by atoms with van der Waals surface area (Å²) in [6.45, 7) is 5.05. The molecule has 3 aromatic rings. The van der Waals surface area contributed by atoms with Gasteiger partial charge in [0.25, 0.3) is 0 Å². The summed E-state index contributed by atoms with van der Waals surface area (Å²) in [4.78, 5) is 10.8. The van der Waals surface area contributed by atoms with Crippen molar-refractivity contribution in [1.29, 1.82) is 0 Å². The van der Waals surface area contributed by atoms with Gasteiger partial charge in [0, 0.05) is 17.9 Å². The Morgan fingerprint density at radius 2 is 1.70 bits per heavy atom. The fourth-order valence-corrected chi connectivity index (χ4v) is 3.04. The first-order valence-electron chi connectivity index (χ1n) is 9.52. The van der Waals surface area contributed by atoms with Crippen LogP contribution in [0.4, 0.5) is 28.7 Å². The molecule has 0 saturated heterocycles. The number of hydrogen-bond donors (Lipinski definition) is 2. The maximum absolute atomic E-state index is 6.41. The van der Waals surface area contributed by atoms with Crippen LogP contribution >= 0.6 is 0 Å². The molecule has 5 nitrogen and oxygen atoms in total. The number of nitrogens with zero attached hydrogens (tertiary/aromatic N) is 3. The van der Waals surface area contributed by atoms with Crippen molar-refractivity contribution in [2.45, 2.75) is 33.1 Å². The van der Waals surface area contributed by atoms with Crippen LogP contribution in [0.15, 0.2) is 60.9 Å². The van der Waals surface area contributed by atoms with Gasteiger partial charge >= 0.3 is 0 Å². The lowest BCUT2D eigenvalue weighted by Crippen LogP contribution is -2.19. The lowest BCUT2D eigenvalue weighted by Gasteiger charge is -2.24. The van der Waals surface area contributed by atoms with E-state index in [1.54, 1.807) is 6.33 Å². The minimum Gasteiger partial charge on any atom is -0.393 e. The molecule has 27 heavy (non-hydrogen) atoms. The number of nitrogen functional groups attached to an aromatic ring is 1. The predicted octanol–water partition coefficient (Wildman–Crippen LogP) is 5.30. The molecule has 5 heteroatoms. The largest absolute Gasteiger partial charge is 0.393 e. The zero-order valence-electron chi connectivity index (χ0n) is 16.0. The van der Waals surface area contributed by atoms with E-state index < -0.39 is 0 Å². The molecule has 0 saturated carbocycles. The summed E-state index contributed by atoms with van der Waals surface area (Å²) >= 11 is 0. The second-order valence-electron chi connectivity index (χ2n) is 6.46. The second-order valence-corrected chi connectivity index (χ2v) is 6.46. The molecule has 1 aromatic heterocycles. The van der Waals surface area contributed by atoms with Gasteiger partial charge in [-0.2, -0.15) is 0 Å². The summed E-state index contributed by atoms with van der Waals surface area (Å²) in [5.41, 5.74) is 10.3. The first kappa shape index (κ1) is 18.7. The van der Waals surface area contributed by atoms with Crippen molar-refractivity contribution in [3.63, 3.8) is 0 Å². The lowest BCUT2D eigenvalue weighted by atomic mass is 10.1. The van der Waals surface area contributed by atoms with Gasteiger partial charge in [-0.05, 0) is 49.6 Å². The molecule has 3 rings (SSSR count). The number of nitrogens with one attached hydrogen (secondary N) is 1. The molecule has 2 aromatic carbocycles. The molecule has 140 valence electrons. The Balaban J connectivity index is 1.82. The minimum absolute atomic E-state index is 0.540. The maximum atomic E-state index is 6.41. The zero-order chi connectivity index (χ0) is 19.1. The van der Waals surface area contributed by atoms with Gasteiger partial charge in [-0.15, -0.1) is 0 Å². The zero-order valence-corrected chi connectivity index (χ0v) is 16.0. The summed E-state index contributed by atoms with van der Waals surface area (Å²) in [6, 6.07) is 18.6. The molecule has 0 bridgehead atoms. The number of para-hydroxylation sites is 1. The molecule has 1 heterocycles. The number of anilines is 5. The van der Waals surface area contributed by atoms with Crippen LogP contribution in [-0.4, -0.2) is 16.5 Å². The molecule has 0 fully saturated rings. The minimum atomic E-state index is 0.540. The number of aromatic nitrogens is 2. The highest BCUT2D eigenvalue weighted by molar-refractivity contribution is 5.81. The third-order valence-corrected chi connectivity index (χ3v) is 4.54. The maximum Gasteiger partial charge on any atom is 0.161 e. The summed E-state index contributed by atoms with van der Waals surface area (Å²) in [7, 11) is 0. The van der Waals surface area contributed by atoms with Crippen molar-refractivity contribution in [2.24, 2.45) is 0 Å². The molecular formula is C22H27N5. The quantitative estimate of drug-likeness (QED) is 0.569. The number of unbranched alkanes of at least 4 members (excludes halogenated alkanes) is 1. The van der Waals surface area contributed by atoms with E-state index in [-0.39, 0.29) is 0 Å². The highest BCUT2D eigenvalue weighted by atomic mass is 15.2. The molecule has 0 atom stereocenters. The van der Waals surface area contributed by atoms with Gasteiger partial charge in [0.1, 0.15) is 12.0 Å². The van der Waals surface area contributed by atoms with Crippen LogP contribution in [0, 0.1) is 0 Å². The van der Waals surface area contributed by atoms with Gasteiger partial charge in [-0.1, -0.05) is 43.7 Å². The topological polar surface area (TPSA) is 67.1 Å². The Bertz CT molecular complexity index is 846. The highest BCUT2D eigenvalue weighted by Crippen LogP contribution is 2.32.